The van der Waals surface area contributed by atoms with Crippen molar-refractivity contribution in [2.24, 2.45) is 0 Å². The molecule has 0 aromatic heterocycles. The highest BCUT2D eigenvalue weighted by Crippen LogP contribution is 2.39. The van der Waals surface area contributed by atoms with Crippen molar-refractivity contribution in [3.8, 4) is 0 Å². The molecule has 0 bridgehead atoms. The fourth-order valence-electron chi connectivity index (χ4n) is 3.76. The van der Waals surface area contributed by atoms with Crippen LogP contribution in [0.15, 0.2) is 84.4 Å². The monoisotopic (exact) mass is 435 g/mol. The fourth-order valence-corrected chi connectivity index (χ4v) is 3.89. The van der Waals surface area contributed by atoms with Gasteiger partial charge in [-0.3, -0.25) is 9.59 Å². The van der Waals surface area contributed by atoms with E-state index in [0.29, 0.717) is 23.6 Å². The van der Waals surface area contributed by atoms with E-state index in [1.54, 1.807) is 24.3 Å². The van der Waals surface area contributed by atoms with Crippen molar-refractivity contribution in [2.75, 3.05) is 6.54 Å². The summed E-state index contributed by atoms with van der Waals surface area (Å²) in [5.74, 6) is -2.25. The summed E-state index contributed by atoms with van der Waals surface area (Å²) in [5.41, 5.74) is 1.92. The number of hydrogen-bond donors (Lipinski definition) is 1. The molecular formula is C25H19ClFNO3. The molecule has 6 heteroatoms. The molecule has 1 amide bonds. The Labute approximate surface area is 184 Å². The van der Waals surface area contributed by atoms with Gasteiger partial charge in [0.1, 0.15) is 11.6 Å². The van der Waals surface area contributed by atoms with Gasteiger partial charge in [0, 0.05) is 17.1 Å². The van der Waals surface area contributed by atoms with E-state index >= 15 is 0 Å². The van der Waals surface area contributed by atoms with Crippen LogP contribution in [0.25, 0.3) is 5.76 Å². The van der Waals surface area contributed by atoms with Gasteiger partial charge < -0.3 is 10.0 Å². The predicted octanol–water partition coefficient (Wildman–Crippen LogP) is 5.14. The highest BCUT2D eigenvalue weighted by molar-refractivity contribution is 6.46. The first-order chi connectivity index (χ1) is 15.0. The molecule has 0 saturated carbocycles. The van der Waals surface area contributed by atoms with Crippen molar-refractivity contribution in [3.63, 3.8) is 0 Å². The number of benzene rings is 3. The van der Waals surface area contributed by atoms with Gasteiger partial charge in [-0.1, -0.05) is 54.1 Å². The van der Waals surface area contributed by atoms with Gasteiger partial charge in [0.25, 0.3) is 11.7 Å². The molecule has 0 aliphatic carbocycles. The summed E-state index contributed by atoms with van der Waals surface area (Å²) in [5, 5.41) is 11.4. The lowest BCUT2D eigenvalue weighted by atomic mass is 9.95. The molecule has 31 heavy (non-hydrogen) atoms. The van der Waals surface area contributed by atoms with Crippen LogP contribution in [0.5, 0.6) is 0 Å². The van der Waals surface area contributed by atoms with Crippen LogP contribution >= 0.6 is 11.6 Å². The van der Waals surface area contributed by atoms with E-state index in [4.69, 9.17) is 11.6 Å². The maximum absolute atomic E-state index is 13.3. The lowest BCUT2D eigenvalue weighted by Crippen LogP contribution is -2.31. The number of likely N-dealkylation sites (tertiary alicyclic amines) is 1. The summed E-state index contributed by atoms with van der Waals surface area (Å²) in [6, 6.07) is 20.8. The Balaban J connectivity index is 1.78. The zero-order valence-corrected chi connectivity index (χ0v) is 17.2. The normalized spacial score (nSPS) is 17.9. The number of Topliss-reactive ketones (excluding diaryl/α,β-unsaturated/α-hetero) is 1. The Morgan fingerprint density at radius 1 is 0.935 bits per heavy atom. The fraction of sp³-hybridized carbons (Fsp3) is 0.120. The number of ketones is 1. The minimum Gasteiger partial charge on any atom is -0.507 e. The van der Waals surface area contributed by atoms with Crippen molar-refractivity contribution in [1.82, 2.24) is 4.90 Å². The minimum atomic E-state index is -0.772. The summed E-state index contributed by atoms with van der Waals surface area (Å²) < 4.78 is 13.3. The van der Waals surface area contributed by atoms with Crippen molar-refractivity contribution in [2.45, 2.75) is 12.5 Å². The van der Waals surface area contributed by atoms with Crippen LogP contribution in [-0.2, 0) is 16.0 Å². The Bertz CT molecular complexity index is 1140. The van der Waals surface area contributed by atoms with Crippen LogP contribution in [-0.4, -0.2) is 28.2 Å². The topological polar surface area (TPSA) is 57.6 Å². The zero-order chi connectivity index (χ0) is 22.0. The van der Waals surface area contributed by atoms with E-state index in [-0.39, 0.29) is 16.9 Å². The van der Waals surface area contributed by atoms with E-state index in [1.165, 1.54) is 29.2 Å². The third-order valence-electron chi connectivity index (χ3n) is 5.33. The largest absolute Gasteiger partial charge is 0.507 e. The van der Waals surface area contributed by atoms with Crippen LogP contribution < -0.4 is 0 Å². The molecule has 0 spiro atoms. The number of aliphatic hydroxyl groups is 1. The molecule has 1 fully saturated rings. The maximum atomic E-state index is 13.3. The lowest BCUT2D eigenvalue weighted by Gasteiger charge is -2.25. The van der Waals surface area contributed by atoms with E-state index in [2.05, 4.69) is 0 Å². The molecule has 1 aliphatic heterocycles. The molecule has 1 N–H and O–H groups in total. The number of rotatable bonds is 5. The Morgan fingerprint density at radius 3 is 2.23 bits per heavy atom. The predicted molar refractivity (Wildman–Crippen MR) is 117 cm³/mol. The number of carbonyl (C=O) groups excluding carboxylic acids is 2. The molecule has 3 aromatic rings. The van der Waals surface area contributed by atoms with Crippen molar-refractivity contribution < 1.29 is 19.1 Å². The third-order valence-corrected chi connectivity index (χ3v) is 5.58. The van der Waals surface area contributed by atoms with E-state index in [0.717, 1.165) is 5.56 Å². The number of carbonyl (C=O) groups is 2. The van der Waals surface area contributed by atoms with Crippen LogP contribution in [0.1, 0.15) is 22.7 Å². The first-order valence-electron chi connectivity index (χ1n) is 9.79. The zero-order valence-electron chi connectivity index (χ0n) is 16.5. The molecule has 4 rings (SSSR count). The number of aliphatic hydroxyl groups excluding tert-OH is 1. The molecule has 0 radical (unpaired) electrons. The molecule has 3 aromatic carbocycles. The lowest BCUT2D eigenvalue weighted by molar-refractivity contribution is -0.139. The Kier molecular flexibility index (Phi) is 5.87. The van der Waals surface area contributed by atoms with Gasteiger partial charge in [-0.05, 0) is 53.9 Å². The average Bonchev–Trinajstić information content (AvgIpc) is 3.04. The summed E-state index contributed by atoms with van der Waals surface area (Å²) in [6.07, 6.45) is 0.550. The van der Waals surface area contributed by atoms with Crippen LogP contribution in [0, 0.1) is 5.82 Å². The smallest absolute Gasteiger partial charge is 0.295 e. The van der Waals surface area contributed by atoms with Crippen molar-refractivity contribution in [3.05, 3.63) is 112 Å². The average molecular weight is 436 g/mol. The van der Waals surface area contributed by atoms with Crippen LogP contribution in [0.4, 0.5) is 4.39 Å². The van der Waals surface area contributed by atoms with E-state index in [9.17, 15) is 19.1 Å². The van der Waals surface area contributed by atoms with Gasteiger partial charge in [-0.15, -0.1) is 0 Å². The molecule has 1 aliphatic rings. The first-order valence-corrected chi connectivity index (χ1v) is 10.2. The maximum Gasteiger partial charge on any atom is 0.295 e. The minimum absolute atomic E-state index is 0.0213. The molecule has 1 saturated heterocycles. The SMILES string of the molecule is O=C1C(=O)N(CCc2ccccc2)C(c2ccc(Cl)cc2)/C1=C(\O)c1ccc(F)cc1. The summed E-state index contributed by atoms with van der Waals surface area (Å²) >= 11 is 6.02. The van der Waals surface area contributed by atoms with Gasteiger partial charge in [-0.2, -0.15) is 0 Å². The number of halogens is 2. The molecule has 156 valence electrons. The molecule has 1 heterocycles. The van der Waals surface area contributed by atoms with Crippen LogP contribution in [0.2, 0.25) is 5.02 Å². The molecular weight excluding hydrogens is 417 g/mol. The second kappa shape index (κ2) is 8.74. The number of amides is 1. The molecule has 1 unspecified atom stereocenters. The van der Waals surface area contributed by atoms with Gasteiger partial charge in [0.2, 0.25) is 0 Å². The number of hydrogen-bond acceptors (Lipinski definition) is 3. The summed E-state index contributed by atoms with van der Waals surface area (Å²) in [6.45, 7) is 0.294. The van der Waals surface area contributed by atoms with Crippen molar-refractivity contribution in [1.29, 1.82) is 0 Å². The van der Waals surface area contributed by atoms with Gasteiger partial charge >= 0.3 is 0 Å². The quantitative estimate of drug-likeness (QED) is 0.343. The Hall–Kier alpha value is -3.44. The van der Waals surface area contributed by atoms with Crippen molar-refractivity contribution >= 4 is 29.1 Å². The Morgan fingerprint density at radius 2 is 1.58 bits per heavy atom. The van der Waals surface area contributed by atoms with E-state index in [1.807, 2.05) is 30.3 Å². The number of nitrogens with zero attached hydrogens (tertiary/aromatic N) is 1. The summed E-state index contributed by atoms with van der Waals surface area (Å²) in [7, 11) is 0. The van der Waals surface area contributed by atoms with Gasteiger partial charge in [-0.25, -0.2) is 4.39 Å². The third kappa shape index (κ3) is 4.23. The second-order valence-corrected chi connectivity index (χ2v) is 7.72. The highest BCUT2D eigenvalue weighted by atomic mass is 35.5. The first kappa shape index (κ1) is 20.8. The molecule has 4 nitrogen and oxygen atoms in total. The highest BCUT2D eigenvalue weighted by Gasteiger charge is 2.45. The van der Waals surface area contributed by atoms with Gasteiger partial charge in [0.05, 0.1) is 11.6 Å². The standard InChI is InChI=1S/C25H19ClFNO3/c26-19-10-6-17(7-11-19)22-21(23(29)18-8-12-20(27)13-9-18)24(30)25(31)28(22)15-14-16-4-2-1-3-5-16/h1-13,22,29H,14-15H2/b23-21+. The second-order valence-electron chi connectivity index (χ2n) is 7.29. The van der Waals surface area contributed by atoms with Crippen LogP contribution in [0.3, 0.4) is 0 Å². The van der Waals surface area contributed by atoms with Gasteiger partial charge in [0.15, 0.2) is 0 Å². The molecule has 1 atom stereocenters. The summed E-state index contributed by atoms with van der Waals surface area (Å²) in [4.78, 5) is 27.3. The van der Waals surface area contributed by atoms with E-state index < -0.39 is 23.5 Å².